The maximum atomic E-state index is 13.6. The molecule has 2 heterocycles. The van der Waals surface area contributed by atoms with Crippen molar-refractivity contribution < 1.29 is 41.0 Å². The number of esters is 1. The predicted octanol–water partition coefficient (Wildman–Crippen LogP) is 4.03. The fourth-order valence-corrected chi connectivity index (χ4v) is 3.23. The Morgan fingerprint density at radius 3 is 2.48 bits per heavy atom. The van der Waals surface area contributed by atoms with Gasteiger partial charge in [0.15, 0.2) is 11.7 Å². The Labute approximate surface area is 152 Å². The van der Waals surface area contributed by atoms with E-state index >= 15 is 0 Å². The number of pyridine rings is 1. The molecule has 2 rings (SSSR count). The molecule has 0 bridgehead atoms. The SMILES string of the molecule is CCOC(=O)[C@@H]1O[C@@](C)(C(F)(F)F)[C@@H](C)[C@H]1c1ccc(C(F)F)nc1OC. The van der Waals surface area contributed by atoms with Crippen molar-refractivity contribution >= 4 is 5.97 Å². The molecule has 1 aliphatic heterocycles. The monoisotopic (exact) mass is 397 g/mol. The summed E-state index contributed by atoms with van der Waals surface area (Å²) in [6.45, 7) is 3.57. The van der Waals surface area contributed by atoms with Gasteiger partial charge in [0.1, 0.15) is 5.69 Å². The molecule has 0 spiro atoms. The zero-order valence-electron chi connectivity index (χ0n) is 15.1. The summed E-state index contributed by atoms with van der Waals surface area (Å²) in [5.74, 6) is -3.64. The maximum Gasteiger partial charge on any atom is 0.417 e. The second-order valence-corrected chi connectivity index (χ2v) is 6.35. The van der Waals surface area contributed by atoms with Crippen molar-refractivity contribution in [2.24, 2.45) is 5.92 Å². The molecular weight excluding hydrogens is 377 g/mol. The lowest BCUT2D eigenvalue weighted by molar-refractivity contribution is -0.274. The Balaban J connectivity index is 2.58. The first-order valence-corrected chi connectivity index (χ1v) is 8.22. The van der Waals surface area contributed by atoms with Crippen LogP contribution in [0, 0.1) is 5.92 Å². The largest absolute Gasteiger partial charge is 0.481 e. The molecule has 1 aromatic heterocycles. The molecular formula is C17H20F5NO4. The van der Waals surface area contributed by atoms with E-state index in [0.29, 0.717) is 0 Å². The van der Waals surface area contributed by atoms with Crippen molar-refractivity contribution in [3.8, 4) is 5.88 Å². The summed E-state index contributed by atoms with van der Waals surface area (Å²) >= 11 is 0. The van der Waals surface area contributed by atoms with Crippen LogP contribution in [0.5, 0.6) is 5.88 Å². The fraction of sp³-hybridized carbons (Fsp3) is 0.647. The number of ether oxygens (including phenoxy) is 3. The Morgan fingerprint density at radius 2 is 2.00 bits per heavy atom. The Hall–Kier alpha value is -1.97. The van der Waals surface area contributed by atoms with E-state index in [-0.39, 0.29) is 18.1 Å². The van der Waals surface area contributed by atoms with Gasteiger partial charge in [-0.3, -0.25) is 0 Å². The molecule has 0 unspecified atom stereocenters. The third-order valence-corrected chi connectivity index (χ3v) is 4.87. The van der Waals surface area contributed by atoms with E-state index in [9.17, 15) is 26.7 Å². The lowest BCUT2D eigenvalue weighted by Crippen LogP contribution is -2.47. The van der Waals surface area contributed by atoms with Gasteiger partial charge in [0, 0.05) is 17.4 Å². The quantitative estimate of drug-likeness (QED) is 0.555. The molecule has 0 aliphatic carbocycles. The van der Waals surface area contributed by atoms with Gasteiger partial charge in [-0.25, -0.2) is 18.6 Å². The molecule has 0 saturated carbocycles. The summed E-state index contributed by atoms with van der Waals surface area (Å²) in [5.41, 5.74) is -3.16. The second kappa shape index (κ2) is 7.57. The highest BCUT2D eigenvalue weighted by atomic mass is 19.4. The molecule has 152 valence electrons. The van der Waals surface area contributed by atoms with Crippen LogP contribution in [0.2, 0.25) is 0 Å². The van der Waals surface area contributed by atoms with Crippen LogP contribution in [0.4, 0.5) is 22.0 Å². The number of rotatable bonds is 5. The standard InChI is InChI=1S/C17H20F5NO4/c1-5-26-15(24)12-11(8(2)16(3,27-12)17(20,21)22)9-6-7-10(13(18)19)23-14(9)25-4/h6-8,11-13H,5H2,1-4H3/t8-,11-,12+,16+/m0/s1. The summed E-state index contributed by atoms with van der Waals surface area (Å²) in [4.78, 5) is 15.9. The van der Waals surface area contributed by atoms with Crippen LogP contribution in [-0.2, 0) is 14.3 Å². The summed E-state index contributed by atoms with van der Waals surface area (Å²) in [7, 11) is 1.16. The van der Waals surface area contributed by atoms with Gasteiger partial charge < -0.3 is 14.2 Å². The highest BCUT2D eigenvalue weighted by Gasteiger charge is 2.66. The minimum absolute atomic E-state index is 0.0533. The highest BCUT2D eigenvalue weighted by molar-refractivity contribution is 5.77. The van der Waals surface area contributed by atoms with E-state index in [2.05, 4.69) is 4.98 Å². The zero-order chi connectivity index (χ0) is 20.6. The third-order valence-electron chi connectivity index (χ3n) is 4.87. The van der Waals surface area contributed by atoms with Gasteiger partial charge in [-0.15, -0.1) is 0 Å². The summed E-state index contributed by atoms with van der Waals surface area (Å²) in [6.07, 6.45) is -9.23. The first-order valence-electron chi connectivity index (χ1n) is 8.22. The number of hydrogen-bond donors (Lipinski definition) is 0. The van der Waals surface area contributed by atoms with Crippen molar-refractivity contribution in [3.05, 3.63) is 23.4 Å². The number of carbonyl (C=O) groups is 1. The van der Waals surface area contributed by atoms with Crippen molar-refractivity contribution in [2.75, 3.05) is 13.7 Å². The third kappa shape index (κ3) is 3.71. The minimum atomic E-state index is -4.77. The van der Waals surface area contributed by atoms with Gasteiger partial charge in [-0.2, -0.15) is 13.2 Å². The molecule has 1 fully saturated rings. The van der Waals surface area contributed by atoms with E-state index in [1.807, 2.05) is 0 Å². The van der Waals surface area contributed by atoms with Crippen LogP contribution in [0.3, 0.4) is 0 Å². The molecule has 5 nitrogen and oxygen atoms in total. The van der Waals surface area contributed by atoms with E-state index in [0.717, 1.165) is 20.1 Å². The minimum Gasteiger partial charge on any atom is -0.481 e. The Bertz CT molecular complexity index is 696. The molecule has 4 atom stereocenters. The van der Waals surface area contributed by atoms with Crippen molar-refractivity contribution in [2.45, 2.75) is 51.0 Å². The fourth-order valence-electron chi connectivity index (χ4n) is 3.23. The van der Waals surface area contributed by atoms with Crippen LogP contribution in [0.15, 0.2) is 12.1 Å². The van der Waals surface area contributed by atoms with Crippen LogP contribution in [-0.4, -0.2) is 42.6 Å². The summed E-state index contributed by atoms with van der Waals surface area (Å²) in [5, 5.41) is 0. The maximum absolute atomic E-state index is 13.6. The molecule has 0 N–H and O–H groups in total. The topological polar surface area (TPSA) is 57.7 Å². The average molecular weight is 397 g/mol. The first-order chi connectivity index (χ1) is 12.5. The normalized spacial score (nSPS) is 28.4. The average Bonchev–Trinajstić information content (AvgIpc) is 2.87. The number of nitrogens with zero attached hydrogens (tertiary/aromatic N) is 1. The van der Waals surface area contributed by atoms with Crippen LogP contribution >= 0.6 is 0 Å². The first kappa shape index (κ1) is 21.3. The second-order valence-electron chi connectivity index (χ2n) is 6.35. The van der Waals surface area contributed by atoms with E-state index < -0.39 is 47.8 Å². The molecule has 0 radical (unpaired) electrons. The number of carbonyl (C=O) groups excluding carboxylic acids is 1. The van der Waals surface area contributed by atoms with E-state index in [1.54, 1.807) is 0 Å². The molecule has 1 saturated heterocycles. The van der Waals surface area contributed by atoms with Crippen molar-refractivity contribution in [1.82, 2.24) is 4.98 Å². The van der Waals surface area contributed by atoms with Gasteiger partial charge in [-0.05, 0) is 19.9 Å². The molecule has 10 heteroatoms. The van der Waals surface area contributed by atoms with Gasteiger partial charge >= 0.3 is 12.1 Å². The van der Waals surface area contributed by atoms with Crippen LogP contribution in [0.25, 0.3) is 0 Å². The van der Waals surface area contributed by atoms with Crippen LogP contribution in [0.1, 0.15) is 44.4 Å². The van der Waals surface area contributed by atoms with Crippen molar-refractivity contribution in [3.63, 3.8) is 0 Å². The van der Waals surface area contributed by atoms with E-state index in [4.69, 9.17) is 14.2 Å². The van der Waals surface area contributed by atoms with Gasteiger partial charge in [0.05, 0.1) is 13.7 Å². The molecule has 1 aliphatic rings. The van der Waals surface area contributed by atoms with Gasteiger partial charge in [0.25, 0.3) is 6.43 Å². The van der Waals surface area contributed by atoms with Gasteiger partial charge in [-0.1, -0.05) is 13.0 Å². The Morgan fingerprint density at radius 1 is 1.37 bits per heavy atom. The zero-order valence-corrected chi connectivity index (χ0v) is 15.1. The smallest absolute Gasteiger partial charge is 0.417 e. The lowest BCUT2D eigenvalue weighted by atomic mass is 9.77. The van der Waals surface area contributed by atoms with Crippen molar-refractivity contribution in [1.29, 1.82) is 0 Å². The molecule has 1 aromatic rings. The highest BCUT2D eigenvalue weighted by Crippen LogP contribution is 2.54. The van der Waals surface area contributed by atoms with Crippen LogP contribution < -0.4 is 4.74 Å². The number of halogens is 5. The predicted molar refractivity (Wildman–Crippen MR) is 83.6 cm³/mol. The summed E-state index contributed by atoms with van der Waals surface area (Å²) in [6, 6.07) is 2.17. The number of aromatic nitrogens is 1. The number of methoxy groups -OCH3 is 1. The molecule has 27 heavy (non-hydrogen) atoms. The Kier molecular flexibility index (Phi) is 5.98. The molecule has 0 amide bonds. The molecule has 0 aromatic carbocycles. The van der Waals surface area contributed by atoms with E-state index in [1.165, 1.54) is 19.9 Å². The number of hydrogen-bond acceptors (Lipinski definition) is 5. The number of alkyl halides is 5. The summed E-state index contributed by atoms with van der Waals surface area (Å²) < 4.78 is 81.7. The van der Waals surface area contributed by atoms with Gasteiger partial charge in [0.2, 0.25) is 5.88 Å². The lowest BCUT2D eigenvalue weighted by Gasteiger charge is -2.31.